The van der Waals surface area contributed by atoms with Gasteiger partial charge in [-0.05, 0) is 43.4 Å². The van der Waals surface area contributed by atoms with E-state index in [0.29, 0.717) is 0 Å². The van der Waals surface area contributed by atoms with Crippen LogP contribution in [0.3, 0.4) is 0 Å². The molecule has 21 heavy (non-hydrogen) atoms. The molecule has 0 spiro atoms. The zero-order valence-corrected chi connectivity index (χ0v) is 13.5. The van der Waals surface area contributed by atoms with Crippen molar-refractivity contribution < 1.29 is 4.57 Å². The van der Waals surface area contributed by atoms with Crippen LogP contribution in [0.5, 0.6) is 0 Å². The maximum Gasteiger partial charge on any atom is 0.212 e. The van der Waals surface area contributed by atoms with Gasteiger partial charge in [0.25, 0.3) is 0 Å². The van der Waals surface area contributed by atoms with Gasteiger partial charge < -0.3 is 0 Å². The number of benzene rings is 1. The van der Waals surface area contributed by atoms with Gasteiger partial charge >= 0.3 is 0 Å². The predicted molar refractivity (Wildman–Crippen MR) is 88.2 cm³/mol. The Balaban J connectivity index is 1.95. The van der Waals surface area contributed by atoms with Crippen LogP contribution in [0, 0.1) is 19.8 Å². The lowest BCUT2D eigenvalue weighted by atomic mass is 9.96. The van der Waals surface area contributed by atoms with Gasteiger partial charge in [-0.15, -0.1) is 0 Å². The van der Waals surface area contributed by atoms with Crippen LogP contribution in [0.1, 0.15) is 42.4 Å². The van der Waals surface area contributed by atoms with E-state index in [1.807, 2.05) is 0 Å². The minimum absolute atomic E-state index is 0.907. The number of hydrogen-bond acceptors (Lipinski definition) is 0. The van der Waals surface area contributed by atoms with Gasteiger partial charge in [0.2, 0.25) is 5.69 Å². The molecule has 0 N–H and O–H groups in total. The standard InChI is InChI=1S/C20H26N/c1-15-8-9-16(2)19(12-15)20-14-18(10-11-21(20)3)13-17-6-4-5-7-17/h8-12,14,17H,4-7,13H2,1-3H3/q+1. The minimum Gasteiger partial charge on any atom is -0.201 e. The van der Waals surface area contributed by atoms with Crippen LogP contribution in [-0.4, -0.2) is 0 Å². The minimum atomic E-state index is 0.907. The molecule has 2 aromatic rings. The third-order valence-corrected chi connectivity index (χ3v) is 4.88. The van der Waals surface area contributed by atoms with Crippen molar-refractivity contribution in [2.75, 3.05) is 0 Å². The molecule has 1 saturated carbocycles. The molecule has 1 nitrogen and oxygen atoms in total. The first kappa shape index (κ1) is 14.3. The molecule has 3 rings (SSSR count). The topological polar surface area (TPSA) is 3.88 Å². The Kier molecular flexibility index (Phi) is 4.10. The normalized spacial score (nSPS) is 15.6. The Morgan fingerprint density at radius 2 is 1.81 bits per heavy atom. The van der Waals surface area contributed by atoms with Gasteiger partial charge in [0, 0.05) is 17.7 Å². The summed E-state index contributed by atoms with van der Waals surface area (Å²) in [6, 6.07) is 11.4. The molecular weight excluding hydrogens is 254 g/mol. The highest BCUT2D eigenvalue weighted by molar-refractivity contribution is 5.62. The fourth-order valence-corrected chi connectivity index (χ4v) is 3.57. The van der Waals surface area contributed by atoms with E-state index in [9.17, 15) is 0 Å². The lowest BCUT2D eigenvalue weighted by Gasteiger charge is -2.11. The molecule has 0 unspecified atom stereocenters. The third kappa shape index (κ3) is 3.18. The van der Waals surface area contributed by atoms with Crippen LogP contribution in [0.25, 0.3) is 11.3 Å². The zero-order chi connectivity index (χ0) is 14.8. The molecule has 1 heteroatoms. The molecule has 0 amide bonds. The van der Waals surface area contributed by atoms with E-state index in [4.69, 9.17) is 0 Å². The largest absolute Gasteiger partial charge is 0.212 e. The molecule has 0 atom stereocenters. The monoisotopic (exact) mass is 280 g/mol. The highest BCUT2D eigenvalue weighted by atomic mass is 14.9. The van der Waals surface area contributed by atoms with Crippen molar-refractivity contribution >= 4 is 0 Å². The van der Waals surface area contributed by atoms with Gasteiger partial charge in [-0.25, -0.2) is 4.57 Å². The Morgan fingerprint density at radius 1 is 1.05 bits per heavy atom. The molecular formula is C20H26N+. The molecule has 110 valence electrons. The average molecular weight is 280 g/mol. The summed E-state index contributed by atoms with van der Waals surface area (Å²) in [5, 5.41) is 0. The first-order chi connectivity index (χ1) is 10.1. The Bertz CT molecular complexity index is 636. The molecule has 0 radical (unpaired) electrons. The molecule has 1 aromatic heterocycles. The van der Waals surface area contributed by atoms with Crippen molar-refractivity contribution in [3.8, 4) is 11.3 Å². The van der Waals surface area contributed by atoms with Crippen molar-refractivity contribution in [3.63, 3.8) is 0 Å². The van der Waals surface area contributed by atoms with Crippen LogP contribution in [0.15, 0.2) is 36.5 Å². The van der Waals surface area contributed by atoms with E-state index in [0.717, 1.165) is 5.92 Å². The zero-order valence-electron chi connectivity index (χ0n) is 13.5. The van der Waals surface area contributed by atoms with Crippen molar-refractivity contribution in [2.24, 2.45) is 13.0 Å². The second kappa shape index (κ2) is 6.01. The molecule has 1 fully saturated rings. The van der Waals surface area contributed by atoms with Crippen LogP contribution in [-0.2, 0) is 13.5 Å². The van der Waals surface area contributed by atoms with E-state index < -0.39 is 0 Å². The maximum absolute atomic E-state index is 2.40. The Hall–Kier alpha value is -1.63. The van der Waals surface area contributed by atoms with E-state index in [1.54, 1.807) is 0 Å². The molecule has 1 aliphatic rings. The molecule has 0 saturated heterocycles. The second-order valence-corrected chi connectivity index (χ2v) is 6.70. The number of pyridine rings is 1. The molecule has 0 aliphatic heterocycles. The van der Waals surface area contributed by atoms with Crippen molar-refractivity contribution in [2.45, 2.75) is 46.0 Å². The van der Waals surface area contributed by atoms with Gasteiger partial charge in [0.15, 0.2) is 6.20 Å². The predicted octanol–water partition coefficient (Wildman–Crippen LogP) is 4.53. The number of aromatic nitrogens is 1. The Labute approximate surface area is 128 Å². The summed E-state index contributed by atoms with van der Waals surface area (Å²) in [7, 11) is 2.15. The van der Waals surface area contributed by atoms with E-state index in [1.165, 1.54) is 60.1 Å². The van der Waals surface area contributed by atoms with E-state index in [-0.39, 0.29) is 0 Å². The SMILES string of the molecule is Cc1ccc(C)c(-c2cc(CC3CCCC3)cc[n+]2C)c1. The van der Waals surface area contributed by atoms with Crippen molar-refractivity contribution in [3.05, 3.63) is 53.2 Å². The molecule has 1 aromatic carbocycles. The summed E-state index contributed by atoms with van der Waals surface area (Å²) in [6.07, 6.45) is 9.16. The maximum atomic E-state index is 2.40. The molecule has 0 bridgehead atoms. The average Bonchev–Trinajstić information content (AvgIpc) is 2.97. The van der Waals surface area contributed by atoms with Gasteiger partial charge in [0.1, 0.15) is 7.05 Å². The number of aryl methyl sites for hydroxylation is 3. The molecule has 1 aliphatic carbocycles. The fraction of sp³-hybridized carbons (Fsp3) is 0.450. The summed E-state index contributed by atoms with van der Waals surface area (Å²) < 4.78 is 2.25. The molecule has 1 heterocycles. The van der Waals surface area contributed by atoms with Crippen molar-refractivity contribution in [1.29, 1.82) is 0 Å². The summed E-state index contributed by atoms with van der Waals surface area (Å²) in [4.78, 5) is 0. The van der Waals surface area contributed by atoms with Crippen LogP contribution in [0.2, 0.25) is 0 Å². The van der Waals surface area contributed by atoms with Gasteiger partial charge in [-0.2, -0.15) is 0 Å². The summed E-state index contributed by atoms with van der Waals surface area (Å²) >= 11 is 0. The van der Waals surface area contributed by atoms with Gasteiger partial charge in [0.05, 0.1) is 0 Å². The smallest absolute Gasteiger partial charge is 0.201 e. The third-order valence-electron chi connectivity index (χ3n) is 4.88. The lowest BCUT2D eigenvalue weighted by molar-refractivity contribution is -0.660. The van der Waals surface area contributed by atoms with Crippen LogP contribution >= 0.6 is 0 Å². The number of rotatable bonds is 3. The fourth-order valence-electron chi connectivity index (χ4n) is 3.57. The van der Waals surface area contributed by atoms with E-state index in [2.05, 4.69) is 62.0 Å². The van der Waals surface area contributed by atoms with Gasteiger partial charge in [-0.1, -0.05) is 43.4 Å². The number of nitrogens with zero attached hydrogens (tertiary/aromatic N) is 1. The first-order valence-corrected chi connectivity index (χ1v) is 8.19. The van der Waals surface area contributed by atoms with Crippen LogP contribution < -0.4 is 4.57 Å². The van der Waals surface area contributed by atoms with Gasteiger partial charge in [-0.3, -0.25) is 0 Å². The highest BCUT2D eigenvalue weighted by Crippen LogP contribution is 2.29. The summed E-state index contributed by atoms with van der Waals surface area (Å²) in [5.74, 6) is 0.907. The first-order valence-electron chi connectivity index (χ1n) is 8.19. The van der Waals surface area contributed by atoms with Crippen molar-refractivity contribution in [1.82, 2.24) is 0 Å². The van der Waals surface area contributed by atoms with E-state index >= 15 is 0 Å². The van der Waals surface area contributed by atoms with Crippen LogP contribution in [0.4, 0.5) is 0 Å². The second-order valence-electron chi connectivity index (χ2n) is 6.70. The number of hydrogen-bond donors (Lipinski definition) is 0. The lowest BCUT2D eigenvalue weighted by Crippen LogP contribution is -2.31. The summed E-state index contributed by atoms with van der Waals surface area (Å²) in [5.41, 5.74) is 6.89. The summed E-state index contributed by atoms with van der Waals surface area (Å²) in [6.45, 7) is 4.38. The Morgan fingerprint density at radius 3 is 2.57 bits per heavy atom. The highest BCUT2D eigenvalue weighted by Gasteiger charge is 2.18. The quantitative estimate of drug-likeness (QED) is 0.727.